The first-order valence-electron chi connectivity index (χ1n) is 10.4. The van der Waals surface area contributed by atoms with Crippen molar-refractivity contribution >= 4 is 52.6 Å². The topological polar surface area (TPSA) is 80.1 Å². The van der Waals surface area contributed by atoms with E-state index in [0.29, 0.717) is 27.1 Å². The molecular weight excluding hydrogens is 473 g/mol. The van der Waals surface area contributed by atoms with Crippen LogP contribution < -0.4 is 10.2 Å². The molecule has 4 aromatic rings. The van der Waals surface area contributed by atoms with E-state index in [4.69, 9.17) is 23.2 Å². The molecule has 0 bridgehead atoms. The second-order valence-electron chi connectivity index (χ2n) is 7.85. The molecule has 7 nitrogen and oxygen atoms in total. The predicted octanol–water partition coefficient (Wildman–Crippen LogP) is 5.44. The summed E-state index contributed by atoms with van der Waals surface area (Å²) in [5, 5.41) is 8.81. The lowest BCUT2D eigenvalue weighted by Crippen LogP contribution is -2.30. The van der Waals surface area contributed by atoms with Crippen molar-refractivity contribution in [2.24, 2.45) is 0 Å². The van der Waals surface area contributed by atoms with Gasteiger partial charge >= 0.3 is 0 Å². The van der Waals surface area contributed by atoms with E-state index in [1.165, 1.54) is 0 Å². The van der Waals surface area contributed by atoms with Crippen molar-refractivity contribution in [1.82, 2.24) is 14.8 Å². The fourth-order valence-corrected chi connectivity index (χ4v) is 4.72. The Balaban J connectivity index is 1.48. The average Bonchev–Trinajstić information content (AvgIpc) is 3.38. The number of allylic oxidation sites excluding steroid dienone is 1. The molecule has 2 amide bonds. The van der Waals surface area contributed by atoms with Crippen LogP contribution in [0.15, 0.2) is 78.9 Å². The van der Waals surface area contributed by atoms with E-state index in [2.05, 4.69) is 15.4 Å². The first-order valence-corrected chi connectivity index (χ1v) is 11.2. The van der Waals surface area contributed by atoms with Gasteiger partial charge in [0.2, 0.25) is 5.95 Å². The molecule has 0 aliphatic carbocycles. The molecule has 0 saturated heterocycles. The molecule has 3 heterocycles. The van der Waals surface area contributed by atoms with Crippen molar-refractivity contribution in [2.75, 3.05) is 10.2 Å². The molecule has 2 aliphatic heterocycles. The Morgan fingerprint density at radius 1 is 0.853 bits per heavy atom. The third-order valence-electron chi connectivity index (χ3n) is 5.81. The molecule has 34 heavy (non-hydrogen) atoms. The SMILES string of the molecule is O=C1c2ccccc2C(=O)N1c1nc2n(n1)C(c1ccc(Cl)cc1Cl)C=C(c1ccccc1)N2. The summed E-state index contributed by atoms with van der Waals surface area (Å²) in [6.45, 7) is 0. The molecule has 2 aliphatic rings. The molecule has 0 radical (unpaired) electrons. The highest BCUT2D eigenvalue weighted by molar-refractivity contribution is 6.35. The Labute approximate surface area is 204 Å². The molecule has 1 unspecified atom stereocenters. The van der Waals surface area contributed by atoms with E-state index in [1.54, 1.807) is 41.1 Å². The first kappa shape index (κ1) is 20.7. The summed E-state index contributed by atoms with van der Waals surface area (Å²) in [4.78, 5) is 31.5. The normalized spacial score (nSPS) is 16.7. The number of nitrogens with zero attached hydrogens (tertiary/aromatic N) is 4. The van der Waals surface area contributed by atoms with E-state index >= 15 is 0 Å². The number of carbonyl (C=O) groups excluding carboxylic acids is 2. The van der Waals surface area contributed by atoms with Crippen LogP contribution >= 0.6 is 23.2 Å². The van der Waals surface area contributed by atoms with Crippen LogP contribution in [0.4, 0.5) is 11.9 Å². The maximum atomic E-state index is 13.0. The molecule has 6 rings (SSSR count). The van der Waals surface area contributed by atoms with Gasteiger partial charge in [-0.3, -0.25) is 9.59 Å². The highest BCUT2D eigenvalue weighted by Crippen LogP contribution is 2.38. The van der Waals surface area contributed by atoms with Crippen LogP contribution in [0.3, 0.4) is 0 Å². The third kappa shape index (κ3) is 3.21. The predicted molar refractivity (Wildman–Crippen MR) is 130 cm³/mol. The van der Waals surface area contributed by atoms with Crippen molar-refractivity contribution in [3.05, 3.63) is 111 Å². The van der Waals surface area contributed by atoms with Crippen molar-refractivity contribution in [1.29, 1.82) is 0 Å². The minimum absolute atomic E-state index is 0.00787. The standard InChI is InChI=1S/C25H15Cl2N5O2/c26-15-10-11-18(19(27)12-15)21-13-20(14-6-2-1-3-7-14)28-24-29-25(30-32(21)24)31-22(33)16-8-4-5-9-17(16)23(31)34/h1-13,21H,(H,28,29,30). The van der Waals surface area contributed by atoms with Crippen LogP contribution in [0.2, 0.25) is 10.0 Å². The number of amides is 2. The van der Waals surface area contributed by atoms with Gasteiger partial charge in [0.25, 0.3) is 17.8 Å². The minimum atomic E-state index is -0.458. The summed E-state index contributed by atoms with van der Waals surface area (Å²) < 4.78 is 1.61. The van der Waals surface area contributed by atoms with Crippen molar-refractivity contribution < 1.29 is 9.59 Å². The fourth-order valence-electron chi connectivity index (χ4n) is 4.20. The van der Waals surface area contributed by atoms with Crippen LogP contribution in [-0.2, 0) is 0 Å². The number of benzene rings is 3. The Kier molecular flexibility index (Phi) is 4.76. The molecule has 166 valence electrons. The lowest BCUT2D eigenvalue weighted by atomic mass is 10.0. The average molecular weight is 488 g/mol. The molecule has 0 saturated carbocycles. The first-order chi connectivity index (χ1) is 16.5. The van der Waals surface area contributed by atoms with Gasteiger partial charge in [0, 0.05) is 15.7 Å². The number of fused-ring (bicyclic) bond motifs is 2. The van der Waals surface area contributed by atoms with Gasteiger partial charge in [-0.1, -0.05) is 71.7 Å². The van der Waals surface area contributed by atoms with Crippen LogP contribution in [0, 0.1) is 0 Å². The zero-order chi connectivity index (χ0) is 23.4. The summed E-state index contributed by atoms with van der Waals surface area (Å²) in [5.74, 6) is -0.544. The molecular formula is C25H15Cl2N5O2. The molecule has 0 fully saturated rings. The largest absolute Gasteiger partial charge is 0.324 e. The number of halogens is 2. The minimum Gasteiger partial charge on any atom is -0.324 e. The van der Waals surface area contributed by atoms with E-state index in [1.807, 2.05) is 42.5 Å². The Morgan fingerprint density at radius 3 is 2.21 bits per heavy atom. The van der Waals surface area contributed by atoms with Gasteiger partial charge in [-0.2, -0.15) is 4.98 Å². The Morgan fingerprint density at radius 2 is 1.53 bits per heavy atom. The third-order valence-corrected chi connectivity index (χ3v) is 6.38. The van der Waals surface area contributed by atoms with Crippen LogP contribution in [-0.4, -0.2) is 26.6 Å². The smallest absolute Gasteiger partial charge is 0.268 e. The number of carbonyl (C=O) groups is 2. The summed E-state index contributed by atoms with van der Waals surface area (Å²) in [7, 11) is 0. The number of hydrogen-bond donors (Lipinski definition) is 1. The number of hydrogen-bond acceptors (Lipinski definition) is 5. The van der Waals surface area contributed by atoms with Crippen LogP contribution in [0.5, 0.6) is 0 Å². The van der Waals surface area contributed by atoms with Crippen LogP contribution in [0.25, 0.3) is 5.70 Å². The summed E-state index contributed by atoms with van der Waals surface area (Å²) >= 11 is 12.7. The number of imide groups is 1. The number of rotatable bonds is 3. The molecule has 1 atom stereocenters. The van der Waals surface area contributed by atoms with E-state index in [0.717, 1.165) is 21.7 Å². The molecule has 1 N–H and O–H groups in total. The zero-order valence-electron chi connectivity index (χ0n) is 17.4. The van der Waals surface area contributed by atoms with E-state index < -0.39 is 17.9 Å². The maximum absolute atomic E-state index is 13.0. The van der Waals surface area contributed by atoms with Crippen molar-refractivity contribution in [2.45, 2.75) is 6.04 Å². The summed E-state index contributed by atoms with van der Waals surface area (Å²) in [6, 6.07) is 21.2. The highest BCUT2D eigenvalue weighted by Gasteiger charge is 2.40. The van der Waals surface area contributed by atoms with Gasteiger partial charge in [-0.25, -0.2) is 9.58 Å². The Hall–Kier alpha value is -3.94. The summed E-state index contributed by atoms with van der Waals surface area (Å²) in [6.07, 6.45) is 1.97. The second-order valence-corrected chi connectivity index (χ2v) is 8.70. The van der Waals surface area contributed by atoms with Gasteiger partial charge in [0.1, 0.15) is 6.04 Å². The quantitative estimate of drug-likeness (QED) is 0.389. The molecule has 1 aromatic heterocycles. The van der Waals surface area contributed by atoms with E-state index in [9.17, 15) is 9.59 Å². The fraction of sp³-hybridized carbons (Fsp3) is 0.0400. The van der Waals surface area contributed by atoms with Gasteiger partial charge in [0.05, 0.1) is 11.1 Å². The number of anilines is 2. The van der Waals surface area contributed by atoms with Crippen LogP contribution in [0.1, 0.15) is 37.9 Å². The number of aromatic nitrogens is 3. The molecule has 9 heteroatoms. The van der Waals surface area contributed by atoms with Gasteiger partial charge in [-0.15, -0.1) is 5.10 Å². The van der Waals surface area contributed by atoms with Gasteiger partial charge < -0.3 is 5.32 Å². The maximum Gasteiger partial charge on any atom is 0.268 e. The monoisotopic (exact) mass is 487 g/mol. The highest BCUT2D eigenvalue weighted by atomic mass is 35.5. The Bertz CT molecular complexity index is 1480. The number of nitrogens with one attached hydrogen (secondary N) is 1. The second kappa shape index (κ2) is 7.83. The van der Waals surface area contributed by atoms with Crippen molar-refractivity contribution in [3.63, 3.8) is 0 Å². The zero-order valence-corrected chi connectivity index (χ0v) is 19.0. The summed E-state index contributed by atoms with van der Waals surface area (Å²) in [5.41, 5.74) is 3.14. The molecule has 0 spiro atoms. The lowest BCUT2D eigenvalue weighted by Gasteiger charge is -2.25. The van der Waals surface area contributed by atoms with E-state index in [-0.39, 0.29) is 5.95 Å². The van der Waals surface area contributed by atoms with Crippen molar-refractivity contribution in [3.8, 4) is 0 Å². The van der Waals surface area contributed by atoms with Gasteiger partial charge in [0.15, 0.2) is 0 Å². The van der Waals surface area contributed by atoms with Gasteiger partial charge in [-0.05, 0) is 41.5 Å². The molecule has 3 aromatic carbocycles. The lowest BCUT2D eigenvalue weighted by molar-refractivity contribution is 0.0924.